The van der Waals surface area contributed by atoms with E-state index in [2.05, 4.69) is 34.1 Å². The number of benzene rings is 1. The molecule has 2 saturated heterocycles. The highest BCUT2D eigenvalue weighted by Gasteiger charge is 2.50. The maximum Gasteiger partial charge on any atom is 0.227 e. The molecule has 26 heavy (non-hydrogen) atoms. The van der Waals surface area contributed by atoms with Gasteiger partial charge < -0.3 is 19.4 Å². The zero-order chi connectivity index (χ0) is 17.3. The number of piperidine rings is 1. The van der Waals surface area contributed by atoms with Crippen LogP contribution in [0.2, 0.25) is 0 Å². The van der Waals surface area contributed by atoms with Gasteiger partial charge in [0.25, 0.3) is 0 Å². The van der Waals surface area contributed by atoms with Gasteiger partial charge >= 0.3 is 0 Å². The van der Waals surface area contributed by atoms with Gasteiger partial charge in [-0.25, -0.2) is 0 Å². The van der Waals surface area contributed by atoms with E-state index in [9.17, 15) is 4.79 Å². The summed E-state index contributed by atoms with van der Waals surface area (Å²) in [7, 11) is 0. The molecule has 1 N–H and O–H groups in total. The minimum atomic E-state index is -0.362. The number of ether oxygens (including phenoxy) is 2. The van der Waals surface area contributed by atoms with Crippen LogP contribution in [0, 0.1) is 11.8 Å². The Hall–Kier alpha value is -1.85. The van der Waals surface area contributed by atoms with Crippen LogP contribution in [0.15, 0.2) is 24.3 Å². The van der Waals surface area contributed by atoms with Gasteiger partial charge in [-0.15, -0.1) is 0 Å². The first-order valence-electron chi connectivity index (χ1n) is 9.89. The van der Waals surface area contributed by atoms with Crippen molar-refractivity contribution in [2.24, 2.45) is 11.8 Å². The van der Waals surface area contributed by atoms with Crippen molar-refractivity contribution in [2.75, 3.05) is 19.8 Å². The number of H-pyrrole nitrogens is 1. The Balaban J connectivity index is 1.35. The maximum absolute atomic E-state index is 13.0. The molecule has 0 radical (unpaired) electrons. The van der Waals surface area contributed by atoms with Gasteiger partial charge in [0.2, 0.25) is 5.91 Å². The Morgan fingerprint density at radius 2 is 2.00 bits per heavy atom. The number of fused-ring (bicyclic) bond motifs is 6. The quantitative estimate of drug-likeness (QED) is 0.792. The van der Waals surface area contributed by atoms with Crippen molar-refractivity contribution >= 4 is 16.8 Å². The van der Waals surface area contributed by atoms with E-state index in [0.717, 1.165) is 37.7 Å². The van der Waals surface area contributed by atoms with Crippen LogP contribution in [0.5, 0.6) is 0 Å². The van der Waals surface area contributed by atoms with Gasteiger partial charge in [-0.2, -0.15) is 0 Å². The van der Waals surface area contributed by atoms with Crippen LogP contribution in [0.1, 0.15) is 43.0 Å². The Labute approximate surface area is 152 Å². The van der Waals surface area contributed by atoms with E-state index in [1.165, 1.54) is 16.6 Å². The molecule has 5 nitrogen and oxygen atoms in total. The average molecular weight is 352 g/mol. The lowest BCUT2D eigenvalue weighted by Gasteiger charge is -2.50. The van der Waals surface area contributed by atoms with Crippen LogP contribution in [0.3, 0.4) is 0 Å². The zero-order valence-electron chi connectivity index (χ0n) is 14.9. The number of rotatable bonds is 0. The van der Waals surface area contributed by atoms with Crippen molar-refractivity contribution in [3.05, 3.63) is 35.5 Å². The minimum absolute atomic E-state index is 0.208. The van der Waals surface area contributed by atoms with Gasteiger partial charge in [0.1, 0.15) is 0 Å². The lowest BCUT2D eigenvalue weighted by molar-refractivity contribution is -0.203. The summed E-state index contributed by atoms with van der Waals surface area (Å²) in [6.07, 6.45) is 4.65. The Morgan fingerprint density at radius 1 is 1.15 bits per heavy atom. The fraction of sp³-hybridized carbons (Fsp3) is 0.571. The molecule has 3 fully saturated rings. The molecule has 3 aliphatic heterocycles. The van der Waals surface area contributed by atoms with E-state index in [4.69, 9.17) is 9.47 Å². The smallest absolute Gasteiger partial charge is 0.227 e. The van der Waals surface area contributed by atoms with Crippen LogP contribution in [0.4, 0.5) is 0 Å². The number of hydrogen-bond acceptors (Lipinski definition) is 3. The molecule has 5 heteroatoms. The molecule has 4 heterocycles. The van der Waals surface area contributed by atoms with Crippen LogP contribution >= 0.6 is 0 Å². The summed E-state index contributed by atoms with van der Waals surface area (Å²) < 4.78 is 11.9. The number of nitrogens with one attached hydrogen (secondary N) is 1. The molecule has 1 spiro atoms. The predicted octanol–water partition coefficient (Wildman–Crippen LogP) is 3.16. The van der Waals surface area contributed by atoms with Gasteiger partial charge in [0.15, 0.2) is 5.79 Å². The number of carbonyl (C=O) groups is 1. The van der Waals surface area contributed by atoms with Crippen molar-refractivity contribution in [3.63, 3.8) is 0 Å². The molecule has 0 unspecified atom stereocenters. The standard InChI is InChI=1S/C21H24N2O3/c24-19-10-16-15-3-1-2-4-17(15)22-20(16)18-9-13-5-6-21(25-7-8-26-21)11-14(13)12-23(18)19/h1-4,13-14,18,22H,5-12H2/t13-,14-,18+/m0/s1. The zero-order valence-corrected chi connectivity index (χ0v) is 14.9. The molecule has 3 atom stereocenters. The van der Waals surface area contributed by atoms with Gasteiger partial charge in [-0.3, -0.25) is 4.79 Å². The summed E-state index contributed by atoms with van der Waals surface area (Å²) >= 11 is 0. The highest BCUT2D eigenvalue weighted by Crippen LogP contribution is 2.50. The Morgan fingerprint density at radius 3 is 2.88 bits per heavy atom. The van der Waals surface area contributed by atoms with Crippen molar-refractivity contribution in [1.82, 2.24) is 9.88 Å². The third kappa shape index (κ3) is 2.07. The Kier molecular flexibility index (Phi) is 3.12. The molecule has 6 rings (SSSR count). The van der Waals surface area contributed by atoms with Crippen molar-refractivity contribution < 1.29 is 14.3 Å². The van der Waals surface area contributed by atoms with Gasteiger partial charge in [0.05, 0.1) is 25.7 Å². The number of carbonyl (C=O) groups excluding carboxylic acids is 1. The predicted molar refractivity (Wildman–Crippen MR) is 96.5 cm³/mol. The molecule has 1 aliphatic carbocycles. The van der Waals surface area contributed by atoms with Crippen molar-refractivity contribution in [1.29, 1.82) is 0 Å². The highest BCUT2D eigenvalue weighted by molar-refractivity contribution is 5.92. The molecule has 4 aliphatic rings. The van der Waals surface area contributed by atoms with Crippen molar-refractivity contribution in [3.8, 4) is 0 Å². The van der Waals surface area contributed by atoms with Crippen LogP contribution in [-0.2, 0) is 20.7 Å². The Bertz CT molecular complexity index is 883. The summed E-state index contributed by atoms with van der Waals surface area (Å²) in [5.74, 6) is 1.06. The van der Waals surface area contributed by atoms with E-state index in [-0.39, 0.29) is 17.7 Å². The first kappa shape index (κ1) is 15.2. The molecule has 2 aromatic rings. The topological polar surface area (TPSA) is 54.6 Å². The number of aromatic amines is 1. The van der Waals surface area contributed by atoms with E-state index in [1.54, 1.807) is 0 Å². The van der Waals surface area contributed by atoms with E-state index in [0.29, 0.717) is 31.5 Å². The summed E-state index contributed by atoms with van der Waals surface area (Å²) in [5, 5.41) is 1.22. The maximum atomic E-state index is 13.0. The summed E-state index contributed by atoms with van der Waals surface area (Å²) in [6.45, 7) is 2.26. The van der Waals surface area contributed by atoms with Gasteiger partial charge in [-0.05, 0) is 36.3 Å². The monoisotopic (exact) mass is 352 g/mol. The second-order valence-corrected chi connectivity index (χ2v) is 8.41. The second-order valence-electron chi connectivity index (χ2n) is 8.41. The molecular formula is C21H24N2O3. The first-order chi connectivity index (χ1) is 12.7. The number of amides is 1. The van der Waals surface area contributed by atoms with E-state index < -0.39 is 0 Å². The fourth-order valence-electron chi connectivity index (χ4n) is 5.88. The third-order valence-corrected chi connectivity index (χ3v) is 7.11. The lowest BCUT2D eigenvalue weighted by atomic mass is 9.69. The molecule has 136 valence electrons. The molecular weight excluding hydrogens is 328 g/mol. The third-order valence-electron chi connectivity index (χ3n) is 7.11. The summed E-state index contributed by atoms with van der Waals surface area (Å²) in [5.41, 5.74) is 3.66. The number of para-hydroxylation sites is 1. The first-order valence-corrected chi connectivity index (χ1v) is 9.89. The molecule has 1 aromatic carbocycles. The SMILES string of the molecule is O=C1Cc2c([nH]c3ccccc23)[C@H]2C[C@@H]3CCC4(C[C@H]3CN12)OCCO4. The van der Waals surface area contributed by atoms with Gasteiger partial charge in [-0.1, -0.05) is 18.2 Å². The summed E-state index contributed by atoms with van der Waals surface area (Å²) in [6, 6.07) is 8.58. The van der Waals surface area contributed by atoms with E-state index in [1.807, 2.05) is 0 Å². The number of nitrogens with zero attached hydrogens (tertiary/aromatic N) is 1. The minimum Gasteiger partial charge on any atom is -0.356 e. The van der Waals surface area contributed by atoms with Crippen LogP contribution in [-0.4, -0.2) is 41.3 Å². The highest BCUT2D eigenvalue weighted by atomic mass is 16.7. The second kappa shape index (κ2) is 5.33. The largest absolute Gasteiger partial charge is 0.356 e. The van der Waals surface area contributed by atoms with Crippen molar-refractivity contribution in [2.45, 2.75) is 43.9 Å². The number of aromatic nitrogens is 1. The molecule has 1 amide bonds. The molecule has 0 bridgehead atoms. The normalized spacial score (nSPS) is 32.5. The summed E-state index contributed by atoms with van der Waals surface area (Å²) in [4.78, 5) is 18.7. The van der Waals surface area contributed by atoms with Gasteiger partial charge in [0, 0.05) is 36.0 Å². The fourth-order valence-corrected chi connectivity index (χ4v) is 5.88. The molecule has 1 aromatic heterocycles. The number of hydrogen-bond donors (Lipinski definition) is 1. The molecule has 1 saturated carbocycles. The lowest BCUT2D eigenvalue weighted by Crippen LogP contribution is -2.53. The van der Waals surface area contributed by atoms with Crippen LogP contribution < -0.4 is 0 Å². The van der Waals surface area contributed by atoms with Crippen LogP contribution in [0.25, 0.3) is 10.9 Å². The average Bonchev–Trinajstić information content (AvgIpc) is 3.26. The van der Waals surface area contributed by atoms with E-state index >= 15 is 0 Å².